The van der Waals surface area contributed by atoms with Crippen molar-refractivity contribution in [2.24, 2.45) is 5.73 Å². The normalized spacial score (nSPS) is 22.0. The van der Waals surface area contributed by atoms with Crippen molar-refractivity contribution in [3.05, 3.63) is 0 Å². The summed E-state index contributed by atoms with van der Waals surface area (Å²) in [5, 5.41) is 8.83. The second kappa shape index (κ2) is 5.27. The van der Waals surface area contributed by atoms with E-state index in [0.717, 1.165) is 6.42 Å². The zero-order chi connectivity index (χ0) is 12.3. The molecule has 92 valence electrons. The molecule has 0 radical (unpaired) electrons. The molecular weight excluding hydrogens is 210 g/mol. The Morgan fingerprint density at radius 3 is 2.69 bits per heavy atom. The first kappa shape index (κ1) is 12.9. The molecule has 1 heterocycles. The molecule has 0 aromatic rings. The van der Waals surface area contributed by atoms with Crippen LogP contribution in [0.5, 0.6) is 0 Å². The molecule has 1 aliphatic rings. The zero-order valence-electron chi connectivity index (χ0n) is 9.72. The molecule has 3 N–H and O–H groups in total. The van der Waals surface area contributed by atoms with Crippen molar-refractivity contribution in [1.82, 2.24) is 9.80 Å². The molecule has 0 spiro atoms. The van der Waals surface area contributed by atoms with Gasteiger partial charge >= 0.3 is 0 Å². The Morgan fingerprint density at radius 2 is 2.19 bits per heavy atom. The Balaban J connectivity index is 2.73. The number of aliphatic hydroxyl groups excluding tert-OH is 1. The Morgan fingerprint density at radius 1 is 1.56 bits per heavy atom. The Labute approximate surface area is 95.0 Å². The molecule has 2 amide bonds. The van der Waals surface area contributed by atoms with Gasteiger partial charge in [-0.1, -0.05) is 0 Å². The van der Waals surface area contributed by atoms with Crippen LogP contribution < -0.4 is 5.73 Å². The first-order valence-electron chi connectivity index (χ1n) is 5.37. The minimum Gasteiger partial charge on any atom is -0.394 e. The molecule has 6 nitrogen and oxygen atoms in total. The van der Waals surface area contributed by atoms with Gasteiger partial charge in [0.15, 0.2) is 0 Å². The molecule has 0 saturated carbocycles. The molecule has 1 rings (SSSR count). The van der Waals surface area contributed by atoms with Crippen LogP contribution in [0.2, 0.25) is 0 Å². The fourth-order valence-corrected chi connectivity index (χ4v) is 1.88. The summed E-state index contributed by atoms with van der Waals surface area (Å²) in [7, 11) is 3.32. The van der Waals surface area contributed by atoms with Crippen LogP contribution in [-0.2, 0) is 9.59 Å². The third kappa shape index (κ3) is 2.51. The van der Waals surface area contributed by atoms with Crippen molar-refractivity contribution in [3.8, 4) is 0 Å². The van der Waals surface area contributed by atoms with E-state index in [2.05, 4.69) is 0 Å². The van der Waals surface area contributed by atoms with E-state index < -0.39 is 18.7 Å². The molecule has 0 aliphatic carbocycles. The van der Waals surface area contributed by atoms with Crippen molar-refractivity contribution < 1.29 is 14.7 Å². The van der Waals surface area contributed by atoms with Crippen LogP contribution in [0.4, 0.5) is 0 Å². The van der Waals surface area contributed by atoms with Crippen LogP contribution >= 0.6 is 0 Å². The van der Waals surface area contributed by atoms with Crippen molar-refractivity contribution in [2.75, 3.05) is 27.2 Å². The van der Waals surface area contributed by atoms with Crippen LogP contribution in [0, 0.1) is 0 Å². The van der Waals surface area contributed by atoms with Gasteiger partial charge in [0, 0.05) is 20.6 Å². The average Bonchev–Trinajstić information content (AvgIpc) is 2.74. The maximum atomic E-state index is 11.8. The van der Waals surface area contributed by atoms with Gasteiger partial charge in [0.25, 0.3) is 0 Å². The number of carbonyl (C=O) groups excluding carboxylic acids is 2. The molecule has 1 fully saturated rings. The third-order valence-corrected chi connectivity index (χ3v) is 2.78. The van der Waals surface area contributed by atoms with Gasteiger partial charge in [-0.25, -0.2) is 0 Å². The number of hydrogen-bond acceptors (Lipinski definition) is 4. The SMILES string of the molecule is CN(C)C(=O)[C@@H]1CCCN1C(=O)C(N)CO. The van der Waals surface area contributed by atoms with Crippen LogP contribution in [0.1, 0.15) is 12.8 Å². The van der Waals surface area contributed by atoms with Gasteiger partial charge in [-0.15, -0.1) is 0 Å². The standard InChI is InChI=1S/C10H19N3O3/c1-12(2)10(16)8-4-3-5-13(8)9(15)7(11)6-14/h7-8,14H,3-6,11H2,1-2H3/t7?,8-/m0/s1. The molecule has 6 heteroatoms. The minimum absolute atomic E-state index is 0.0870. The second-order valence-electron chi connectivity index (χ2n) is 4.21. The molecule has 0 bridgehead atoms. The summed E-state index contributed by atoms with van der Waals surface area (Å²) < 4.78 is 0. The van der Waals surface area contributed by atoms with Gasteiger partial charge in [-0.3, -0.25) is 9.59 Å². The van der Waals surface area contributed by atoms with Crippen LogP contribution in [0.3, 0.4) is 0 Å². The van der Waals surface area contributed by atoms with Crippen molar-refractivity contribution >= 4 is 11.8 Å². The lowest BCUT2D eigenvalue weighted by Gasteiger charge is -2.27. The predicted molar refractivity (Wildman–Crippen MR) is 58.5 cm³/mol. The maximum absolute atomic E-state index is 11.8. The second-order valence-corrected chi connectivity index (χ2v) is 4.21. The molecule has 2 atom stereocenters. The van der Waals surface area contributed by atoms with Gasteiger partial charge < -0.3 is 20.6 Å². The van der Waals surface area contributed by atoms with E-state index in [1.165, 1.54) is 9.80 Å². The number of nitrogens with two attached hydrogens (primary N) is 1. The number of likely N-dealkylation sites (tertiary alicyclic amines) is 1. The number of aliphatic hydroxyl groups is 1. The fourth-order valence-electron chi connectivity index (χ4n) is 1.88. The summed E-state index contributed by atoms with van der Waals surface area (Å²) in [6.07, 6.45) is 1.47. The Hall–Kier alpha value is -1.14. The number of carbonyl (C=O) groups is 2. The maximum Gasteiger partial charge on any atom is 0.244 e. The van der Waals surface area contributed by atoms with Crippen molar-refractivity contribution in [3.63, 3.8) is 0 Å². The quantitative estimate of drug-likeness (QED) is 0.609. The number of hydrogen-bond donors (Lipinski definition) is 2. The summed E-state index contributed by atoms with van der Waals surface area (Å²) in [6, 6.07) is -1.34. The van der Waals surface area contributed by atoms with Crippen LogP contribution in [-0.4, -0.2) is 66.1 Å². The molecular formula is C10H19N3O3. The number of nitrogens with zero attached hydrogens (tertiary/aromatic N) is 2. The lowest BCUT2D eigenvalue weighted by atomic mass is 10.2. The molecule has 1 aliphatic heterocycles. The van der Waals surface area contributed by atoms with Crippen LogP contribution in [0.25, 0.3) is 0 Å². The highest BCUT2D eigenvalue weighted by Crippen LogP contribution is 2.19. The minimum atomic E-state index is -0.921. The first-order chi connectivity index (χ1) is 7.49. The highest BCUT2D eigenvalue weighted by atomic mass is 16.3. The largest absolute Gasteiger partial charge is 0.394 e. The van der Waals surface area contributed by atoms with E-state index in [9.17, 15) is 9.59 Å². The highest BCUT2D eigenvalue weighted by Gasteiger charge is 2.36. The van der Waals surface area contributed by atoms with E-state index in [1.807, 2.05) is 0 Å². The summed E-state index contributed by atoms with van der Waals surface area (Å²) in [6.45, 7) is 0.148. The van der Waals surface area contributed by atoms with Gasteiger partial charge in [0.05, 0.1) is 6.61 Å². The van der Waals surface area contributed by atoms with E-state index >= 15 is 0 Å². The number of likely N-dealkylation sites (N-methyl/N-ethyl adjacent to an activating group) is 1. The van der Waals surface area contributed by atoms with E-state index in [4.69, 9.17) is 10.8 Å². The topological polar surface area (TPSA) is 86.9 Å². The fraction of sp³-hybridized carbons (Fsp3) is 0.800. The Bertz CT molecular complexity index is 280. The van der Waals surface area contributed by atoms with Gasteiger partial charge in [-0.05, 0) is 12.8 Å². The van der Waals surface area contributed by atoms with E-state index in [0.29, 0.717) is 13.0 Å². The number of amides is 2. The van der Waals surface area contributed by atoms with Gasteiger partial charge in [0.2, 0.25) is 11.8 Å². The first-order valence-corrected chi connectivity index (χ1v) is 5.37. The summed E-state index contributed by atoms with van der Waals surface area (Å²) in [5.74, 6) is -0.434. The molecule has 16 heavy (non-hydrogen) atoms. The van der Waals surface area contributed by atoms with Crippen molar-refractivity contribution in [1.29, 1.82) is 0 Å². The highest BCUT2D eigenvalue weighted by molar-refractivity contribution is 5.90. The Kier molecular flexibility index (Phi) is 4.26. The molecule has 1 unspecified atom stereocenters. The average molecular weight is 229 g/mol. The summed E-state index contributed by atoms with van der Waals surface area (Å²) in [5.41, 5.74) is 5.47. The summed E-state index contributed by atoms with van der Waals surface area (Å²) >= 11 is 0. The molecule has 0 aromatic carbocycles. The zero-order valence-corrected chi connectivity index (χ0v) is 9.72. The molecule has 0 aromatic heterocycles. The van der Waals surface area contributed by atoms with Crippen molar-refractivity contribution in [2.45, 2.75) is 24.9 Å². The lowest BCUT2D eigenvalue weighted by molar-refractivity contribution is -0.143. The van der Waals surface area contributed by atoms with E-state index in [1.54, 1.807) is 14.1 Å². The third-order valence-electron chi connectivity index (χ3n) is 2.78. The van der Waals surface area contributed by atoms with Crippen LogP contribution in [0.15, 0.2) is 0 Å². The van der Waals surface area contributed by atoms with E-state index in [-0.39, 0.29) is 11.8 Å². The summed E-state index contributed by atoms with van der Waals surface area (Å²) in [4.78, 5) is 26.5. The smallest absolute Gasteiger partial charge is 0.244 e. The number of rotatable bonds is 3. The molecule has 1 saturated heterocycles. The monoisotopic (exact) mass is 229 g/mol. The lowest BCUT2D eigenvalue weighted by Crippen LogP contribution is -2.52. The van der Waals surface area contributed by atoms with Gasteiger partial charge in [0.1, 0.15) is 12.1 Å². The predicted octanol–water partition coefficient (Wildman–Crippen LogP) is -1.61. The van der Waals surface area contributed by atoms with Gasteiger partial charge in [-0.2, -0.15) is 0 Å².